The molecule has 0 bridgehead atoms. The van der Waals surface area contributed by atoms with Crippen LogP contribution < -0.4 is 4.74 Å². The summed E-state index contributed by atoms with van der Waals surface area (Å²) in [6, 6.07) is 8.90. The zero-order chi connectivity index (χ0) is 12.8. The van der Waals surface area contributed by atoms with Crippen LogP contribution in [0.3, 0.4) is 0 Å². The number of aromatic nitrogens is 4. The van der Waals surface area contributed by atoms with Crippen molar-refractivity contribution in [1.82, 2.24) is 20.2 Å². The molecule has 0 spiro atoms. The lowest BCUT2D eigenvalue weighted by Crippen LogP contribution is -2.04. The second-order valence-electron chi connectivity index (χ2n) is 3.17. The molecule has 0 amide bonds. The predicted molar refractivity (Wildman–Crippen MR) is 59.6 cm³/mol. The molecule has 0 atom stereocenters. The van der Waals surface area contributed by atoms with Gasteiger partial charge in [-0.15, -0.1) is 0 Å². The summed E-state index contributed by atoms with van der Waals surface area (Å²) in [5.74, 6) is 1.59. The minimum atomic E-state index is 0.0296. The molecule has 2 rings (SSSR count). The van der Waals surface area contributed by atoms with Crippen molar-refractivity contribution in [3.63, 3.8) is 0 Å². The molecule has 0 aliphatic carbocycles. The Hall–Kier alpha value is -2.97. The first-order valence-electron chi connectivity index (χ1n) is 4.96. The number of carbonyl (C=O) groups excluding carboxylic acids is 1. The van der Waals surface area contributed by atoms with Gasteiger partial charge in [0.2, 0.25) is 0 Å². The maximum Gasteiger partial charge on any atom is 0.340 e. The van der Waals surface area contributed by atoms with Crippen molar-refractivity contribution in [3.8, 4) is 17.8 Å². The lowest BCUT2D eigenvalue weighted by Gasteiger charge is -2.04. The first-order valence-corrected chi connectivity index (χ1v) is 4.96. The summed E-state index contributed by atoms with van der Waals surface area (Å²) < 4.78 is 6.50. The van der Waals surface area contributed by atoms with Gasteiger partial charge in [0, 0.05) is 6.08 Å². The van der Waals surface area contributed by atoms with Crippen LogP contribution in [0, 0.1) is 11.3 Å². The number of nitrogens with zero attached hydrogens (tertiary/aromatic N) is 5. The summed E-state index contributed by atoms with van der Waals surface area (Å²) in [6.07, 6.45) is 1.17. The predicted octanol–water partition coefficient (Wildman–Crippen LogP) is 0.301. The van der Waals surface area contributed by atoms with E-state index in [9.17, 15) is 4.79 Å². The molecule has 0 saturated heterocycles. The first-order chi connectivity index (χ1) is 8.85. The van der Waals surface area contributed by atoms with Crippen molar-refractivity contribution in [2.45, 2.75) is 0 Å². The van der Waals surface area contributed by atoms with Crippen LogP contribution in [0.5, 0.6) is 6.01 Å². The van der Waals surface area contributed by atoms with Crippen LogP contribution in [0.4, 0.5) is 0 Å². The van der Waals surface area contributed by atoms with Crippen LogP contribution in [0.25, 0.3) is 5.69 Å². The minimum Gasteiger partial charge on any atom is -0.457 e. The molecular formula is C11H7N5O2. The van der Waals surface area contributed by atoms with Crippen molar-refractivity contribution in [2.24, 2.45) is 0 Å². The Kier molecular flexibility index (Phi) is 3.45. The van der Waals surface area contributed by atoms with E-state index < -0.39 is 0 Å². The fourth-order valence-electron chi connectivity index (χ4n) is 1.29. The van der Waals surface area contributed by atoms with Gasteiger partial charge in [0.25, 0.3) is 0 Å². The van der Waals surface area contributed by atoms with Crippen molar-refractivity contribution in [2.75, 3.05) is 6.61 Å². The molecule has 0 aliphatic rings. The average molecular weight is 241 g/mol. The number of tetrazole rings is 1. The van der Waals surface area contributed by atoms with Crippen LogP contribution in [0.1, 0.15) is 5.56 Å². The number of ether oxygens (including phenoxy) is 1. The summed E-state index contributed by atoms with van der Waals surface area (Å²) >= 11 is 0. The minimum absolute atomic E-state index is 0.0296. The van der Waals surface area contributed by atoms with Crippen LogP contribution in [0.15, 0.2) is 30.3 Å². The molecule has 0 radical (unpaired) electrons. The molecule has 2 aromatic rings. The Bertz CT molecular complexity index is 637. The fraction of sp³-hybridized carbons (Fsp3) is 0.0909. The maximum absolute atomic E-state index is 10.0. The van der Waals surface area contributed by atoms with Crippen molar-refractivity contribution >= 4 is 5.94 Å². The van der Waals surface area contributed by atoms with Crippen LogP contribution in [-0.4, -0.2) is 32.8 Å². The summed E-state index contributed by atoms with van der Waals surface area (Å²) in [5.41, 5.74) is 1.09. The number of nitriles is 1. The average Bonchev–Trinajstić information content (AvgIpc) is 2.87. The second kappa shape index (κ2) is 5.39. The van der Waals surface area contributed by atoms with E-state index in [2.05, 4.69) is 15.5 Å². The molecular weight excluding hydrogens is 234 g/mol. The van der Waals surface area contributed by atoms with Gasteiger partial charge in [-0.1, -0.05) is 11.2 Å². The molecule has 0 N–H and O–H groups in total. The second-order valence-corrected chi connectivity index (χ2v) is 3.17. The van der Waals surface area contributed by atoms with Crippen molar-refractivity contribution < 1.29 is 9.53 Å². The van der Waals surface area contributed by atoms with Crippen LogP contribution >= 0.6 is 0 Å². The maximum atomic E-state index is 10.0. The molecule has 18 heavy (non-hydrogen) atoms. The van der Waals surface area contributed by atoms with Crippen molar-refractivity contribution in [3.05, 3.63) is 35.9 Å². The lowest BCUT2D eigenvalue weighted by atomic mass is 10.2. The highest BCUT2D eigenvalue weighted by molar-refractivity contribution is 5.45. The molecule has 7 heteroatoms. The van der Waals surface area contributed by atoms with E-state index in [4.69, 9.17) is 10.00 Å². The molecule has 0 saturated carbocycles. The molecule has 0 unspecified atom stereocenters. The van der Waals surface area contributed by atoms with Gasteiger partial charge in [-0.3, -0.25) is 0 Å². The van der Waals surface area contributed by atoms with Crippen LogP contribution in [0.2, 0.25) is 0 Å². The highest BCUT2D eigenvalue weighted by atomic mass is 16.5. The molecule has 7 nitrogen and oxygen atoms in total. The Morgan fingerprint density at radius 1 is 1.50 bits per heavy atom. The molecule has 0 fully saturated rings. The molecule has 0 aliphatic heterocycles. The van der Waals surface area contributed by atoms with Gasteiger partial charge in [0.15, 0.2) is 0 Å². The summed E-state index contributed by atoms with van der Waals surface area (Å²) in [4.78, 5) is 10.0. The van der Waals surface area contributed by atoms with Gasteiger partial charge >= 0.3 is 6.01 Å². The third kappa shape index (κ3) is 2.40. The molecule has 1 heterocycles. The van der Waals surface area contributed by atoms with E-state index in [0.29, 0.717) is 11.3 Å². The number of benzene rings is 1. The van der Waals surface area contributed by atoms with E-state index in [-0.39, 0.29) is 12.6 Å². The van der Waals surface area contributed by atoms with Gasteiger partial charge in [-0.2, -0.15) is 9.94 Å². The number of hydrogen-bond acceptors (Lipinski definition) is 6. The van der Waals surface area contributed by atoms with Gasteiger partial charge in [-0.05, 0) is 28.6 Å². The number of hydrogen-bond donors (Lipinski definition) is 0. The highest BCUT2D eigenvalue weighted by Crippen LogP contribution is 2.14. The van der Waals surface area contributed by atoms with E-state index in [1.807, 2.05) is 6.07 Å². The first kappa shape index (κ1) is 11.5. The van der Waals surface area contributed by atoms with Gasteiger partial charge in [-0.25, -0.2) is 4.79 Å². The zero-order valence-corrected chi connectivity index (χ0v) is 9.15. The van der Waals surface area contributed by atoms with Gasteiger partial charge < -0.3 is 4.74 Å². The topological polar surface area (TPSA) is 93.7 Å². The van der Waals surface area contributed by atoms with E-state index in [0.717, 1.165) is 0 Å². The Labute approximate surface area is 102 Å². The smallest absolute Gasteiger partial charge is 0.340 e. The molecule has 1 aromatic heterocycles. The normalized spacial score (nSPS) is 9.28. The molecule has 1 aromatic carbocycles. The summed E-state index contributed by atoms with van der Waals surface area (Å²) in [5, 5.41) is 19.7. The summed E-state index contributed by atoms with van der Waals surface area (Å²) in [6.45, 7) is 0.0296. The third-order valence-electron chi connectivity index (χ3n) is 2.04. The van der Waals surface area contributed by atoms with E-state index in [1.54, 1.807) is 30.2 Å². The SMILES string of the molecule is N#Cc1cccc(-n2nnnc2OCC=C=O)c1. The van der Waals surface area contributed by atoms with Gasteiger partial charge in [0.05, 0.1) is 17.3 Å². The van der Waals surface area contributed by atoms with Gasteiger partial charge in [0.1, 0.15) is 12.5 Å². The Balaban J connectivity index is 2.30. The monoisotopic (exact) mass is 241 g/mol. The lowest BCUT2D eigenvalue weighted by molar-refractivity contribution is 0.323. The quantitative estimate of drug-likeness (QED) is 0.714. The van der Waals surface area contributed by atoms with E-state index in [1.165, 1.54) is 10.8 Å². The van der Waals surface area contributed by atoms with E-state index >= 15 is 0 Å². The third-order valence-corrected chi connectivity index (χ3v) is 2.04. The largest absolute Gasteiger partial charge is 0.457 e. The van der Waals surface area contributed by atoms with Crippen molar-refractivity contribution in [1.29, 1.82) is 5.26 Å². The Morgan fingerprint density at radius 3 is 3.17 bits per heavy atom. The zero-order valence-electron chi connectivity index (χ0n) is 9.15. The standard InChI is InChI=1S/C11H7N5O2/c12-8-9-3-1-4-10(7-9)16-11(13-14-15-16)18-6-2-5-17/h1-4,7H,6H2. The van der Waals surface area contributed by atoms with Crippen LogP contribution in [-0.2, 0) is 4.79 Å². The molecule has 88 valence electrons. The summed E-state index contributed by atoms with van der Waals surface area (Å²) in [7, 11) is 0. The highest BCUT2D eigenvalue weighted by Gasteiger charge is 2.09. The fourth-order valence-corrected chi connectivity index (χ4v) is 1.29. The number of rotatable bonds is 4. The Morgan fingerprint density at radius 2 is 2.39 bits per heavy atom.